The smallest absolute Gasteiger partial charge is 0.345 e. The molecule has 1 saturated carbocycles. The molecule has 0 unspecified atom stereocenters. The highest BCUT2D eigenvalue weighted by Crippen LogP contribution is 2.63. The van der Waals surface area contributed by atoms with Crippen LogP contribution in [0, 0.1) is 16.7 Å². The minimum Gasteiger partial charge on any atom is -0.455 e. The third-order valence-corrected chi connectivity index (χ3v) is 6.75. The fourth-order valence-corrected chi connectivity index (χ4v) is 5.53. The minimum atomic E-state index is -1.91. The van der Waals surface area contributed by atoms with Crippen LogP contribution in [0.3, 0.4) is 0 Å². The number of rotatable bonds is 4. The molecule has 2 fully saturated rings. The van der Waals surface area contributed by atoms with Crippen molar-refractivity contribution >= 4 is 11.9 Å². The molecular weight excluding hydrogens is 372 g/mol. The summed E-state index contributed by atoms with van der Waals surface area (Å²) in [6, 6.07) is 0. The van der Waals surface area contributed by atoms with Gasteiger partial charge >= 0.3 is 11.9 Å². The van der Waals surface area contributed by atoms with Crippen LogP contribution in [0.25, 0.3) is 0 Å². The van der Waals surface area contributed by atoms with Gasteiger partial charge in [0.2, 0.25) is 6.29 Å². The molecule has 158 valence electrons. The zero-order valence-electron chi connectivity index (χ0n) is 17.4. The molecular formula is C23H30O6. The number of fused-ring (bicyclic) bond motifs is 3. The van der Waals surface area contributed by atoms with Crippen LogP contribution in [0.5, 0.6) is 0 Å². The molecule has 0 aromatic rings. The molecule has 1 saturated heterocycles. The predicted molar refractivity (Wildman–Crippen MR) is 107 cm³/mol. The lowest BCUT2D eigenvalue weighted by Crippen LogP contribution is -2.65. The summed E-state index contributed by atoms with van der Waals surface area (Å²) in [7, 11) is 0. The first kappa shape index (κ1) is 21.5. The molecule has 0 spiro atoms. The molecule has 2 N–H and O–H groups in total. The Kier molecular flexibility index (Phi) is 5.62. The SMILES string of the molecule is C/C=C/C=C/C=C/C(=O)O[C@H]1C=C2[C@@H](O)OC(=O)[C@]2(O)[C@@]2(C)CCCC(C)(C)[C@H]12. The van der Waals surface area contributed by atoms with E-state index in [-0.39, 0.29) is 16.9 Å². The van der Waals surface area contributed by atoms with Crippen LogP contribution in [-0.4, -0.2) is 40.1 Å². The Morgan fingerprint density at radius 1 is 1.21 bits per heavy atom. The van der Waals surface area contributed by atoms with Crippen molar-refractivity contribution in [2.24, 2.45) is 16.7 Å². The summed E-state index contributed by atoms with van der Waals surface area (Å²) in [5, 5.41) is 21.7. The minimum absolute atomic E-state index is 0.0775. The molecule has 5 atom stereocenters. The third-order valence-electron chi connectivity index (χ3n) is 6.75. The van der Waals surface area contributed by atoms with Gasteiger partial charge in [-0.25, -0.2) is 9.59 Å². The van der Waals surface area contributed by atoms with E-state index in [1.54, 1.807) is 18.2 Å². The Morgan fingerprint density at radius 3 is 2.59 bits per heavy atom. The first-order valence-corrected chi connectivity index (χ1v) is 10.1. The van der Waals surface area contributed by atoms with E-state index in [4.69, 9.17) is 9.47 Å². The number of hydrogen-bond donors (Lipinski definition) is 2. The summed E-state index contributed by atoms with van der Waals surface area (Å²) in [4.78, 5) is 25.0. The monoisotopic (exact) mass is 402 g/mol. The van der Waals surface area contributed by atoms with Crippen molar-refractivity contribution in [3.63, 3.8) is 0 Å². The highest BCUT2D eigenvalue weighted by atomic mass is 16.7. The van der Waals surface area contributed by atoms with Crippen molar-refractivity contribution in [3.05, 3.63) is 48.1 Å². The second-order valence-electron chi connectivity index (χ2n) is 9.00. The molecule has 29 heavy (non-hydrogen) atoms. The van der Waals surface area contributed by atoms with Gasteiger partial charge in [0, 0.05) is 23.0 Å². The van der Waals surface area contributed by atoms with Crippen molar-refractivity contribution in [1.82, 2.24) is 0 Å². The van der Waals surface area contributed by atoms with E-state index >= 15 is 0 Å². The van der Waals surface area contributed by atoms with Crippen LogP contribution >= 0.6 is 0 Å². The Balaban J connectivity index is 1.98. The van der Waals surface area contributed by atoms with E-state index in [1.807, 2.05) is 26.0 Å². The second kappa shape index (κ2) is 7.58. The molecule has 3 aliphatic rings. The topological polar surface area (TPSA) is 93.1 Å². The summed E-state index contributed by atoms with van der Waals surface area (Å²) < 4.78 is 10.7. The molecule has 1 aliphatic heterocycles. The quantitative estimate of drug-likeness (QED) is 0.325. The van der Waals surface area contributed by atoms with Gasteiger partial charge in [0.25, 0.3) is 0 Å². The lowest BCUT2D eigenvalue weighted by molar-refractivity contribution is -0.195. The predicted octanol–water partition coefficient (Wildman–Crippen LogP) is 2.97. The van der Waals surface area contributed by atoms with Crippen LogP contribution in [-0.2, 0) is 19.1 Å². The average molecular weight is 402 g/mol. The molecule has 1 heterocycles. The molecule has 0 aromatic heterocycles. The van der Waals surface area contributed by atoms with Crippen molar-refractivity contribution in [2.45, 2.75) is 65.0 Å². The van der Waals surface area contributed by atoms with E-state index in [9.17, 15) is 19.8 Å². The van der Waals surface area contributed by atoms with Crippen LogP contribution in [0.4, 0.5) is 0 Å². The van der Waals surface area contributed by atoms with E-state index in [0.29, 0.717) is 6.42 Å². The Bertz CT molecular complexity index is 804. The van der Waals surface area contributed by atoms with E-state index < -0.39 is 35.3 Å². The molecule has 0 aromatic carbocycles. The number of aliphatic hydroxyl groups excluding tert-OH is 1. The van der Waals surface area contributed by atoms with Crippen LogP contribution < -0.4 is 0 Å². The van der Waals surface area contributed by atoms with Gasteiger partial charge in [0.1, 0.15) is 6.10 Å². The fraction of sp³-hybridized carbons (Fsp3) is 0.565. The van der Waals surface area contributed by atoms with Crippen LogP contribution in [0.2, 0.25) is 0 Å². The second-order valence-corrected chi connectivity index (χ2v) is 9.00. The van der Waals surface area contributed by atoms with E-state index in [0.717, 1.165) is 12.8 Å². The van der Waals surface area contributed by atoms with Gasteiger partial charge in [0.05, 0.1) is 0 Å². The number of carbonyl (C=O) groups excluding carboxylic acids is 2. The molecule has 3 rings (SSSR count). The number of carbonyl (C=O) groups is 2. The largest absolute Gasteiger partial charge is 0.455 e. The lowest BCUT2D eigenvalue weighted by atomic mass is 9.46. The highest BCUT2D eigenvalue weighted by molar-refractivity contribution is 5.89. The lowest BCUT2D eigenvalue weighted by Gasteiger charge is -2.59. The van der Waals surface area contributed by atoms with Crippen molar-refractivity contribution in [3.8, 4) is 0 Å². The fourth-order valence-electron chi connectivity index (χ4n) is 5.53. The van der Waals surface area contributed by atoms with Crippen LogP contribution in [0.1, 0.15) is 47.0 Å². The number of ether oxygens (including phenoxy) is 2. The van der Waals surface area contributed by atoms with Gasteiger partial charge < -0.3 is 19.7 Å². The van der Waals surface area contributed by atoms with Crippen molar-refractivity contribution in [1.29, 1.82) is 0 Å². The number of cyclic esters (lactones) is 1. The Morgan fingerprint density at radius 2 is 1.90 bits per heavy atom. The molecule has 2 aliphatic carbocycles. The molecule has 0 amide bonds. The van der Waals surface area contributed by atoms with Gasteiger partial charge in [-0.1, -0.05) is 57.6 Å². The maximum atomic E-state index is 12.6. The average Bonchev–Trinajstić information content (AvgIpc) is 2.85. The zero-order valence-corrected chi connectivity index (χ0v) is 17.4. The molecule has 6 heteroatoms. The Hall–Kier alpha value is -2.18. The van der Waals surface area contributed by atoms with E-state index in [2.05, 4.69) is 13.8 Å². The van der Waals surface area contributed by atoms with E-state index in [1.165, 1.54) is 12.2 Å². The molecule has 0 radical (unpaired) electrons. The summed E-state index contributed by atoms with van der Waals surface area (Å²) in [6.45, 7) is 7.85. The normalized spacial score (nSPS) is 38.8. The first-order chi connectivity index (χ1) is 13.6. The van der Waals surface area contributed by atoms with Gasteiger partial charge in [-0.3, -0.25) is 0 Å². The summed E-state index contributed by atoms with van der Waals surface area (Å²) in [5.41, 5.74) is -3.05. The number of esters is 2. The third kappa shape index (κ3) is 3.38. The number of aliphatic hydroxyl groups is 2. The van der Waals surface area contributed by atoms with Gasteiger partial charge in [0.15, 0.2) is 5.60 Å². The maximum Gasteiger partial charge on any atom is 0.345 e. The summed E-state index contributed by atoms with van der Waals surface area (Å²) in [5.74, 6) is -1.67. The Labute approximate surface area is 171 Å². The highest BCUT2D eigenvalue weighted by Gasteiger charge is 2.71. The van der Waals surface area contributed by atoms with Crippen molar-refractivity contribution in [2.75, 3.05) is 0 Å². The molecule has 0 bridgehead atoms. The van der Waals surface area contributed by atoms with Crippen LogP contribution in [0.15, 0.2) is 48.1 Å². The number of allylic oxidation sites excluding steroid dienone is 5. The maximum absolute atomic E-state index is 12.6. The first-order valence-electron chi connectivity index (χ1n) is 10.1. The summed E-state index contributed by atoms with van der Waals surface area (Å²) in [6.07, 6.45) is 11.7. The van der Waals surface area contributed by atoms with Gasteiger partial charge in [-0.15, -0.1) is 0 Å². The van der Waals surface area contributed by atoms with Gasteiger partial charge in [-0.2, -0.15) is 0 Å². The standard InChI is InChI=1S/C23H30O6/c1-5-6-7-8-9-11-17(24)28-16-14-15-19(25)29-20(26)23(15,27)22(4)13-10-12-21(2,3)18(16)22/h5-9,11,14,16,18-19,25,27H,10,12-13H2,1-4H3/b6-5+,8-7+,11-9+/t16-,18-,19-,22-,23-/m0/s1. The molecule has 6 nitrogen and oxygen atoms in total. The van der Waals surface area contributed by atoms with Crippen molar-refractivity contribution < 1.29 is 29.3 Å². The van der Waals surface area contributed by atoms with Gasteiger partial charge in [-0.05, 0) is 31.3 Å². The summed E-state index contributed by atoms with van der Waals surface area (Å²) >= 11 is 0. The zero-order chi connectivity index (χ0) is 21.4. The number of hydrogen-bond acceptors (Lipinski definition) is 6.